The molecule has 1 heterocycles. The molecule has 2 aromatic carbocycles. The molecule has 3 aromatic rings. The molecule has 0 bridgehead atoms. The molecule has 39 heavy (non-hydrogen) atoms. The Morgan fingerprint density at radius 2 is 1.79 bits per heavy atom. The zero-order chi connectivity index (χ0) is 27.8. The van der Waals surface area contributed by atoms with E-state index in [0.29, 0.717) is 29.1 Å². The number of nitrogens with one attached hydrogen (secondary N) is 1. The van der Waals surface area contributed by atoms with Crippen molar-refractivity contribution in [2.75, 3.05) is 7.11 Å². The molecule has 0 aliphatic rings. The van der Waals surface area contributed by atoms with E-state index in [0.717, 1.165) is 5.56 Å². The van der Waals surface area contributed by atoms with E-state index in [-0.39, 0.29) is 66.5 Å². The fraction of sp³-hybridized carbons (Fsp3) is 0.393. The number of carbonyl (C=O) groups is 2. The molecule has 0 saturated heterocycles. The van der Waals surface area contributed by atoms with Gasteiger partial charge in [0.2, 0.25) is 0 Å². The number of hydrogen-bond acceptors (Lipinski definition) is 6. The van der Waals surface area contributed by atoms with Crippen LogP contribution in [0.1, 0.15) is 66.3 Å². The number of hydrogen-bond donors (Lipinski definition) is 4. The summed E-state index contributed by atoms with van der Waals surface area (Å²) in [5.41, 5.74) is 2.99. The molecule has 0 unspecified atom stereocenters. The topological polar surface area (TPSA) is 134 Å². The Morgan fingerprint density at radius 3 is 2.41 bits per heavy atom. The first-order valence-electron chi connectivity index (χ1n) is 12.5. The second-order valence-electron chi connectivity index (χ2n) is 9.47. The van der Waals surface area contributed by atoms with Crippen molar-refractivity contribution in [1.29, 1.82) is 0 Å². The predicted octanol–water partition coefficient (Wildman–Crippen LogP) is 2.94. The Kier molecular flexibility index (Phi) is 12.6. The number of aliphatic hydroxyl groups is 2. The molecule has 11 heteroatoms. The molecule has 0 fully saturated rings. The molecule has 2 atom stereocenters. The number of carboxylic acids is 1. The van der Waals surface area contributed by atoms with Crippen LogP contribution in [0.3, 0.4) is 0 Å². The Morgan fingerprint density at radius 1 is 1.10 bits per heavy atom. The summed E-state index contributed by atoms with van der Waals surface area (Å²) in [6.45, 7) is 4.12. The van der Waals surface area contributed by atoms with Crippen LogP contribution in [0.25, 0.3) is 5.69 Å². The molecule has 0 aliphatic carbocycles. The van der Waals surface area contributed by atoms with Crippen LogP contribution in [0.2, 0.25) is 0 Å². The van der Waals surface area contributed by atoms with E-state index in [9.17, 15) is 24.2 Å². The molecule has 1 aromatic heterocycles. The second kappa shape index (κ2) is 15.1. The number of carbonyl (C=O) groups excluding carboxylic acids is 1. The van der Waals surface area contributed by atoms with Gasteiger partial charge in [0.05, 0.1) is 31.4 Å². The molecule has 206 valence electrons. The van der Waals surface area contributed by atoms with Crippen LogP contribution >= 0.6 is 0 Å². The van der Waals surface area contributed by atoms with Gasteiger partial charge in [-0.3, -0.25) is 9.59 Å². The average Bonchev–Trinajstić information content (AvgIpc) is 3.26. The van der Waals surface area contributed by atoms with Gasteiger partial charge < -0.3 is 25.4 Å². The number of amides is 1. The Hall–Kier alpha value is -2.76. The van der Waals surface area contributed by atoms with Crippen molar-refractivity contribution in [1.82, 2.24) is 15.1 Å². The van der Waals surface area contributed by atoms with Gasteiger partial charge in [0.25, 0.3) is 5.91 Å². The summed E-state index contributed by atoms with van der Waals surface area (Å²) in [7, 11) is 1.57. The van der Waals surface area contributed by atoms with Crippen LogP contribution in [0.4, 0.5) is 4.39 Å². The van der Waals surface area contributed by atoms with Crippen LogP contribution < -0.4 is 10.1 Å². The quantitative estimate of drug-likeness (QED) is 0.240. The maximum absolute atomic E-state index is 13.6. The molecule has 3 rings (SSSR count). The van der Waals surface area contributed by atoms with Crippen molar-refractivity contribution >= 4 is 41.4 Å². The van der Waals surface area contributed by atoms with Gasteiger partial charge in [-0.05, 0) is 67.1 Å². The van der Waals surface area contributed by atoms with Gasteiger partial charge in [-0.15, -0.1) is 0 Å². The third-order valence-corrected chi connectivity index (χ3v) is 6.14. The van der Waals surface area contributed by atoms with E-state index >= 15 is 0 Å². The fourth-order valence-corrected chi connectivity index (χ4v) is 4.34. The Labute approximate surface area is 249 Å². The average molecular weight is 552 g/mol. The number of aliphatic hydroxyl groups excluding tert-OH is 2. The first kappa shape index (κ1) is 32.5. The van der Waals surface area contributed by atoms with Crippen LogP contribution in [-0.2, 0) is 17.8 Å². The van der Waals surface area contributed by atoms with Crippen LogP contribution in [0.15, 0.2) is 48.5 Å². The molecule has 9 nitrogen and oxygen atoms in total. The fourth-order valence-electron chi connectivity index (χ4n) is 4.34. The monoisotopic (exact) mass is 551 g/mol. The summed E-state index contributed by atoms with van der Waals surface area (Å²) in [6, 6.07) is 13.1. The minimum atomic E-state index is -1.17. The summed E-state index contributed by atoms with van der Waals surface area (Å²) in [6.07, 6.45) is -2.20. The van der Waals surface area contributed by atoms with Gasteiger partial charge in [-0.25, -0.2) is 9.07 Å². The number of carboxylic acid groups (broad SMARTS) is 1. The number of aromatic nitrogens is 2. The summed E-state index contributed by atoms with van der Waals surface area (Å²) in [4.78, 5) is 24.2. The van der Waals surface area contributed by atoms with Crippen molar-refractivity contribution in [3.63, 3.8) is 0 Å². The molecular weight excluding hydrogens is 516 g/mol. The van der Waals surface area contributed by atoms with Gasteiger partial charge in [-0.2, -0.15) is 5.10 Å². The first-order valence-corrected chi connectivity index (χ1v) is 12.5. The van der Waals surface area contributed by atoms with Gasteiger partial charge >= 0.3 is 35.5 Å². The number of aliphatic carboxylic acids is 1. The molecule has 0 spiro atoms. The predicted molar refractivity (Wildman–Crippen MR) is 146 cm³/mol. The minimum absolute atomic E-state index is 0. The number of benzene rings is 2. The summed E-state index contributed by atoms with van der Waals surface area (Å²) in [5.74, 6) is -1.37. The van der Waals surface area contributed by atoms with Crippen LogP contribution in [0.5, 0.6) is 5.75 Å². The molecule has 0 saturated carbocycles. The summed E-state index contributed by atoms with van der Waals surface area (Å²) in [5, 5.41) is 36.7. The SMILES string of the molecule is COc1cccc(CNC(=O)c2nn(-c3ccc(F)cc3)c(CC[C@@H](O)C[C@@H](O)CC(=O)O)c2C(C)C)c1.[NaH]. The Bertz CT molecular complexity index is 1250. The summed E-state index contributed by atoms with van der Waals surface area (Å²) >= 11 is 0. The molecule has 0 aliphatic heterocycles. The zero-order valence-electron chi connectivity index (χ0n) is 21.7. The summed E-state index contributed by atoms with van der Waals surface area (Å²) < 4.78 is 20.4. The van der Waals surface area contributed by atoms with Crippen molar-refractivity contribution in [2.45, 2.75) is 64.2 Å². The zero-order valence-corrected chi connectivity index (χ0v) is 21.7. The number of nitrogens with zero attached hydrogens (tertiary/aromatic N) is 2. The van der Waals surface area contributed by atoms with Crippen LogP contribution in [-0.4, -0.2) is 85.9 Å². The van der Waals surface area contributed by atoms with Crippen LogP contribution in [0, 0.1) is 5.82 Å². The number of halogens is 1. The van der Waals surface area contributed by atoms with Gasteiger partial charge in [0, 0.05) is 17.8 Å². The van der Waals surface area contributed by atoms with E-state index < -0.39 is 30.4 Å². The number of methoxy groups -OCH3 is 1. The third kappa shape index (κ3) is 9.15. The number of rotatable bonds is 13. The normalized spacial score (nSPS) is 12.5. The van der Waals surface area contributed by atoms with Crippen molar-refractivity contribution in [3.8, 4) is 11.4 Å². The van der Waals surface area contributed by atoms with E-state index in [1.165, 1.54) is 12.1 Å². The second-order valence-corrected chi connectivity index (χ2v) is 9.47. The molecule has 1 amide bonds. The Balaban J connectivity index is 0.00000533. The van der Waals surface area contributed by atoms with E-state index in [4.69, 9.17) is 9.84 Å². The third-order valence-electron chi connectivity index (χ3n) is 6.14. The van der Waals surface area contributed by atoms with Crippen molar-refractivity contribution in [2.24, 2.45) is 0 Å². The molecule has 0 radical (unpaired) electrons. The molecule has 4 N–H and O–H groups in total. The van der Waals surface area contributed by atoms with E-state index in [2.05, 4.69) is 10.4 Å². The number of ether oxygens (including phenoxy) is 1. The van der Waals surface area contributed by atoms with E-state index in [1.54, 1.807) is 23.9 Å². The maximum atomic E-state index is 13.6. The standard InChI is InChI=1S/C28H34FN3O6.Na.H/c1-17(2)26-24(12-11-21(33)14-22(34)15-25(35)36)32(20-9-7-19(29)8-10-20)31-27(26)28(37)30-16-18-5-4-6-23(13-18)38-3;;/h4-10,13,17,21-22,33-34H,11-12,14-16H2,1-3H3,(H,30,37)(H,35,36);;/t21-,22-;;/m1../s1. The van der Waals surface area contributed by atoms with Crippen molar-refractivity contribution < 1.29 is 34.0 Å². The van der Waals surface area contributed by atoms with Gasteiger partial charge in [0.15, 0.2) is 5.69 Å². The first-order chi connectivity index (χ1) is 18.1. The van der Waals surface area contributed by atoms with Gasteiger partial charge in [-0.1, -0.05) is 26.0 Å². The van der Waals surface area contributed by atoms with Gasteiger partial charge in [0.1, 0.15) is 11.6 Å². The molecular formula is C28H35FN3NaO6. The van der Waals surface area contributed by atoms with Crippen molar-refractivity contribution in [3.05, 3.63) is 76.9 Å². The van der Waals surface area contributed by atoms with E-state index in [1.807, 2.05) is 38.1 Å².